The van der Waals surface area contributed by atoms with E-state index in [0.717, 1.165) is 25.7 Å². The molecule has 0 aliphatic carbocycles. The van der Waals surface area contributed by atoms with Crippen molar-refractivity contribution in [2.24, 2.45) is 5.18 Å². The fourth-order valence-corrected chi connectivity index (χ4v) is 2.45. The zero-order valence-corrected chi connectivity index (χ0v) is 18.1. The lowest BCUT2D eigenvalue weighted by Gasteiger charge is -2.07. The van der Waals surface area contributed by atoms with Crippen LogP contribution in [0.3, 0.4) is 0 Å². The number of carbonyl (C=O) groups is 1. The Labute approximate surface area is 176 Å². The van der Waals surface area contributed by atoms with E-state index in [1.54, 1.807) is 0 Å². The smallest absolute Gasteiger partial charge is 0.305 e. The highest BCUT2D eigenvalue weighted by atomic mass is 127. The molecule has 0 amide bonds. The maximum Gasteiger partial charge on any atom is 0.305 e. The van der Waals surface area contributed by atoms with Crippen molar-refractivity contribution in [3.05, 3.63) is 53.5 Å². The molecule has 0 aromatic heterocycles. The van der Waals surface area contributed by atoms with Crippen molar-refractivity contribution < 1.29 is 14.6 Å². The molecule has 0 aliphatic heterocycles. The van der Waals surface area contributed by atoms with Crippen molar-refractivity contribution in [2.75, 3.05) is 17.6 Å². The molecule has 0 saturated carbocycles. The largest absolute Gasteiger partial charge is 0.463 e. The predicted molar refractivity (Wildman–Crippen MR) is 120 cm³/mol. The van der Waals surface area contributed by atoms with E-state index in [1.807, 2.05) is 0 Å². The first-order valence-corrected chi connectivity index (χ1v) is 11.0. The molecule has 6 heteroatoms. The number of esters is 1. The molecule has 0 heterocycles. The van der Waals surface area contributed by atoms with Crippen LogP contribution in [0.1, 0.15) is 51.4 Å². The number of aliphatic hydroxyl groups is 1. The minimum Gasteiger partial charge on any atom is -0.463 e. The molecular weight excluding hydrogens is 457 g/mol. The summed E-state index contributed by atoms with van der Waals surface area (Å²) in [7, 11) is 0. The topological polar surface area (TPSA) is 76.0 Å². The molecule has 0 spiro atoms. The summed E-state index contributed by atoms with van der Waals surface area (Å²) in [5.74, 6) is -0.361. The van der Waals surface area contributed by atoms with Crippen LogP contribution in [0.5, 0.6) is 0 Å². The van der Waals surface area contributed by atoms with Gasteiger partial charge < -0.3 is 9.84 Å². The lowest BCUT2D eigenvalue weighted by Crippen LogP contribution is -2.21. The second-order valence-corrected chi connectivity index (χ2v) is 7.04. The molecular formula is C21H32INO4. The van der Waals surface area contributed by atoms with E-state index in [1.165, 1.54) is 17.3 Å². The Hall–Kier alpha value is -1.28. The van der Waals surface area contributed by atoms with E-state index < -0.39 is 6.10 Å². The molecule has 0 radical (unpaired) electrons. The third kappa shape index (κ3) is 20.9. The molecule has 1 unspecified atom stereocenters. The SMILES string of the molecule is O=NCC(O)COC(=O)CCC/C=C\C/C=C\C/C=C\C/C=C\CCCI. The second kappa shape index (κ2) is 21.0. The summed E-state index contributed by atoms with van der Waals surface area (Å²) in [6.07, 6.45) is 23.3. The van der Waals surface area contributed by atoms with Crippen molar-refractivity contribution >= 4 is 28.6 Å². The normalized spacial score (nSPS) is 13.3. The number of hydrogen-bond donors (Lipinski definition) is 1. The van der Waals surface area contributed by atoms with E-state index in [4.69, 9.17) is 4.74 Å². The highest BCUT2D eigenvalue weighted by molar-refractivity contribution is 14.1. The van der Waals surface area contributed by atoms with Crippen LogP contribution in [-0.4, -0.2) is 34.8 Å². The number of hydrogen-bond acceptors (Lipinski definition) is 5. The van der Waals surface area contributed by atoms with Gasteiger partial charge in [-0.15, -0.1) is 0 Å². The van der Waals surface area contributed by atoms with Gasteiger partial charge in [0.1, 0.15) is 19.3 Å². The number of aliphatic hydroxyl groups excluding tert-OH is 1. The third-order valence-electron chi connectivity index (χ3n) is 3.46. The van der Waals surface area contributed by atoms with Gasteiger partial charge in [-0.05, 0) is 49.4 Å². The minimum absolute atomic E-state index is 0.172. The van der Waals surface area contributed by atoms with Crippen molar-refractivity contribution in [1.29, 1.82) is 0 Å². The molecule has 0 saturated heterocycles. The Morgan fingerprint density at radius 1 is 0.926 bits per heavy atom. The number of nitrogens with zero attached hydrogens (tertiary/aromatic N) is 1. The molecule has 0 rings (SSSR count). The van der Waals surface area contributed by atoms with Crippen LogP contribution in [0, 0.1) is 4.91 Å². The maximum atomic E-state index is 11.4. The van der Waals surface area contributed by atoms with E-state index >= 15 is 0 Å². The van der Waals surface area contributed by atoms with Gasteiger partial charge in [-0.3, -0.25) is 4.79 Å². The molecule has 1 atom stereocenters. The molecule has 152 valence electrons. The zero-order valence-electron chi connectivity index (χ0n) is 16.0. The standard InChI is InChI=1S/C21H32INO4/c22-17-15-13-11-9-7-5-3-1-2-4-6-8-10-12-14-16-21(25)27-19-20(24)18-23-26/h2-5,8-11,20,24H,1,6-7,12-19H2/b4-2-,5-3-,10-8-,11-9-. The van der Waals surface area contributed by atoms with Crippen LogP contribution < -0.4 is 0 Å². The van der Waals surface area contributed by atoms with Gasteiger partial charge in [0.2, 0.25) is 0 Å². The molecule has 5 nitrogen and oxygen atoms in total. The van der Waals surface area contributed by atoms with Gasteiger partial charge >= 0.3 is 5.97 Å². The fraction of sp³-hybridized carbons (Fsp3) is 0.571. The van der Waals surface area contributed by atoms with Crippen LogP contribution in [0.25, 0.3) is 0 Å². The van der Waals surface area contributed by atoms with Gasteiger partial charge in [-0.25, -0.2) is 0 Å². The van der Waals surface area contributed by atoms with Gasteiger partial charge in [-0.2, -0.15) is 4.91 Å². The van der Waals surface area contributed by atoms with Gasteiger partial charge in [0, 0.05) is 6.42 Å². The monoisotopic (exact) mass is 489 g/mol. The number of carbonyl (C=O) groups excluding carboxylic acids is 1. The summed E-state index contributed by atoms with van der Waals surface area (Å²) in [6, 6.07) is 0. The Morgan fingerprint density at radius 2 is 1.44 bits per heavy atom. The molecule has 0 aliphatic rings. The van der Waals surface area contributed by atoms with Gasteiger partial charge in [-0.1, -0.05) is 76.4 Å². The van der Waals surface area contributed by atoms with Gasteiger partial charge in [0.25, 0.3) is 0 Å². The van der Waals surface area contributed by atoms with Crippen LogP contribution in [0.4, 0.5) is 0 Å². The first kappa shape index (κ1) is 25.7. The first-order chi connectivity index (χ1) is 13.2. The number of halogens is 1. The summed E-state index contributed by atoms with van der Waals surface area (Å²) in [4.78, 5) is 21.3. The van der Waals surface area contributed by atoms with Crippen molar-refractivity contribution in [3.8, 4) is 0 Å². The number of ether oxygens (including phenoxy) is 1. The predicted octanol–water partition coefficient (Wildman–Crippen LogP) is 5.44. The molecule has 27 heavy (non-hydrogen) atoms. The minimum atomic E-state index is -1.00. The Bertz CT molecular complexity index is 487. The van der Waals surface area contributed by atoms with Crippen LogP contribution in [-0.2, 0) is 9.53 Å². The number of unbranched alkanes of at least 4 members (excludes halogenated alkanes) is 2. The Morgan fingerprint density at radius 3 is 1.96 bits per heavy atom. The zero-order chi connectivity index (χ0) is 20.0. The van der Waals surface area contributed by atoms with E-state index in [9.17, 15) is 14.8 Å². The van der Waals surface area contributed by atoms with Crippen molar-refractivity contribution in [2.45, 2.75) is 57.5 Å². The highest BCUT2D eigenvalue weighted by Crippen LogP contribution is 2.02. The summed E-state index contributed by atoms with van der Waals surface area (Å²) in [6.45, 7) is -0.427. The average Bonchev–Trinajstić information content (AvgIpc) is 2.66. The number of allylic oxidation sites excluding steroid dienone is 8. The van der Waals surface area contributed by atoms with Crippen LogP contribution >= 0.6 is 22.6 Å². The molecule has 0 aromatic carbocycles. The lowest BCUT2D eigenvalue weighted by molar-refractivity contribution is -0.146. The molecule has 0 fully saturated rings. The number of nitroso groups, excluding NO2 is 1. The van der Waals surface area contributed by atoms with E-state index in [0.29, 0.717) is 12.8 Å². The quantitative estimate of drug-likeness (QED) is 0.0738. The van der Waals surface area contributed by atoms with Crippen LogP contribution in [0.2, 0.25) is 0 Å². The van der Waals surface area contributed by atoms with E-state index in [-0.39, 0.29) is 19.1 Å². The first-order valence-electron chi connectivity index (χ1n) is 9.49. The highest BCUT2D eigenvalue weighted by Gasteiger charge is 2.08. The van der Waals surface area contributed by atoms with Gasteiger partial charge in [0.15, 0.2) is 0 Å². The fourth-order valence-electron chi connectivity index (χ4n) is 2.01. The van der Waals surface area contributed by atoms with Crippen molar-refractivity contribution in [1.82, 2.24) is 0 Å². The number of alkyl halides is 1. The second-order valence-electron chi connectivity index (χ2n) is 5.96. The average molecular weight is 489 g/mol. The third-order valence-corrected chi connectivity index (χ3v) is 4.22. The Balaban J connectivity index is 3.53. The summed E-state index contributed by atoms with van der Waals surface area (Å²) in [5.41, 5.74) is 0. The van der Waals surface area contributed by atoms with Gasteiger partial charge in [0.05, 0.1) is 0 Å². The molecule has 1 N–H and O–H groups in total. The summed E-state index contributed by atoms with van der Waals surface area (Å²) >= 11 is 2.40. The lowest BCUT2D eigenvalue weighted by atomic mass is 10.2. The van der Waals surface area contributed by atoms with E-state index in [2.05, 4.69) is 76.4 Å². The van der Waals surface area contributed by atoms with Crippen molar-refractivity contribution in [3.63, 3.8) is 0 Å². The summed E-state index contributed by atoms with van der Waals surface area (Å²) < 4.78 is 6.07. The Kier molecular flexibility index (Phi) is 20.0. The van der Waals surface area contributed by atoms with Crippen LogP contribution in [0.15, 0.2) is 53.8 Å². The summed E-state index contributed by atoms with van der Waals surface area (Å²) in [5, 5.41) is 11.8. The molecule has 0 aromatic rings. The number of rotatable bonds is 17. The molecule has 0 bridgehead atoms. The maximum absolute atomic E-state index is 11.4.